The van der Waals surface area contributed by atoms with Gasteiger partial charge < -0.3 is 21.1 Å². The number of nitrogen functional groups attached to an aromatic ring is 1. The molecule has 3 rings (SSSR count). The SMILES string of the molecule is COC(=O)c1c(NC(=O)c2ccc(N)cc2)sc(C(=O)Nc2ccc(C)cc2C)c1C. The number of carbonyl (C=O) groups excluding carboxylic acids is 3. The topological polar surface area (TPSA) is 111 Å². The van der Waals surface area contributed by atoms with Crippen molar-refractivity contribution in [2.75, 3.05) is 23.5 Å². The van der Waals surface area contributed by atoms with Crippen LogP contribution in [0, 0.1) is 20.8 Å². The minimum absolute atomic E-state index is 0.155. The molecular weight excluding hydrogens is 414 g/mol. The van der Waals surface area contributed by atoms with Gasteiger partial charge in [-0.3, -0.25) is 9.59 Å². The van der Waals surface area contributed by atoms with Gasteiger partial charge in [0, 0.05) is 16.9 Å². The van der Waals surface area contributed by atoms with Crippen LogP contribution in [-0.2, 0) is 4.74 Å². The lowest BCUT2D eigenvalue weighted by atomic mass is 10.1. The summed E-state index contributed by atoms with van der Waals surface area (Å²) in [7, 11) is 1.25. The average molecular weight is 438 g/mol. The van der Waals surface area contributed by atoms with Crippen LogP contribution in [0.4, 0.5) is 16.4 Å². The molecule has 0 saturated carbocycles. The first-order valence-corrected chi connectivity index (χ1v) is 10.3. The molecule has 0 aliphatic carbocycles. The fraction of sp³-hybridized carbons (Fsp3) is 0.174. The molecule has 160 valence electrons. The molecule has 0 atom stereocenters. The Hall–Kier alpha value is -3.65. The number of esters is 1. The van der Waals surface area contributed by atoms with E-state index in [2.05, 4.69) is 10.6 Å². The number of amides is 2. The normalized spacial score (nSPS) is 10.5. The predicted molar refractivity (Wildman–Crippen MR) is 123 cm³/mol. The van der Waals surface area contributed by atoms with Gasteiger partial charge in [-0.05, 0) is 62.2 Å². The number of anilines is 3. The molecule has 3 aromatic rings. The third-order valence-electron chi connectivity index (χ3n) is 4.77. The van der Waals surface area contributed by atoms with E-state index in [1.165, 1.54) is 7.11 Å². The maximum absolute atomic E-state index is 13.0. The number of carbonyl (C=O) groups is 3. The van der Waals surface area contributed by atoms with Crippen LogP contribution in [0.5, 0.6) is 0 Å². The summed E-state index contributed by atoms with van der Waals surface area (Å²) < 4.78 is 4.87. The summed E-state index contributed by atoms with van der Waals surface area (Å²) in [5, 5.41) is 5.84. The number of hydrogen-bond acceptors (Lipinski definition) is 6. The lowest BCUT2D eigenvalue weighted by molar-refractivity contribution is 0.0601. The molecule has 0 bridgehead atoms. The summed E-state index contributed by atoms with van der Waals surface area (Å²) in [5.74, 6) is -1.42. The second kappa shape index (κ2) is 9.01. The van der Waals surface area contributed by atoms with Gasteiger partial charge >= 0.3 is 5.97 Å². The van der Waals surface area contributed by atoms with Crippen molar-refractivity contribution in [3.8, 4) is 0 Å². The van der Waals surface area contributed by atoms with Crippen molar-refractivity contribution in [2.24, 2.45) is 0 Å². The number of aryl methyl sites for hydroxylation is 2. The van der Waals surface area contributed by atoms with Crippen molar-refractivity contribution in [3.05, 3.63) is 75.2 Å². The third-order valence-corrected chi connectivity index (χ3v) is 5.98. The molecule has 0 aliphatic heterocycles. The van der Waals surface area contributed by atoms with Crippen LogP contribution in [0.25, 0.3) is 0 Å². The number of hydrogen-bond donors (Lipinski definition) is 3. The Morgan fingerprint density at radius 3 is 2.23 bits per heavy atom. The van der Waals surface area contributed by atoms with Crippen molar-refractivity contribution in [1.29, 1.82) is 0 Å². The zero-order valence-electron chi connectivity index (χ0n) is 17.7. The molecule has 1 heterocycles. The molecule has 2 amide bonds. The third kappa shape index (κ3) is 4.75. The highest BCUT2D eigenvalue weighted by atomic mass is 32.1. The van der Waals surface area contributed by atoms with E-state index in [1.54, 1.807) is 31.2 Å². The zero-order chi connectivity index (χ0) is 22.7. The summed E-state index contributed by atoms with van der Waals surface area (Å²) in [6.45, 7) is 5.53. The summed E-state index contributed by atoms with van der Waals surface area (Å²) in [6, 6.07) is 12.1. The molecule has 8 heteroatoms. The summed E-state index contributed by atoms with van der Waals surface area (Å²) >= 11 is 1.02. The van der Waals surface area contributed by atoms with Crippen LogP contribution >= 0.6 is 11.3 Å². The maximum Gasteiger partial charge on any atom is 0.341 e. The monoisotopic (exact) mass is 437 g/mol. The maximum atomic E-state index is 13.0. The fourth-order valence-corrected chi connectivity index (χ4v) is 4.19. The van der Waals surface area contributed by atoms with Gasteiger partial charge in [0.15, 0.2) is 0 Å². The minimum atomic E-state index is -0.632. The Morgan fingerprint density at radius 1 is 0.935 bits per heavy atom. The standard InChI is InChI=1S/C23H23N3O4S/c1-12-5-10-17(13(2)11-12)25-21(28)19-14(3)18(23(29)30-4)22(31-19)26-20(27)15-6-8-16(24)9-7-15/h5-11H,24H2,1-4H3,(H,25,28)(H,26,27). The average Bonchev–Trinajstić information content (AvgIpc) is 3.05. The van der Waals surface area contributed by atoms with E-state index in [4.69, 9.17) is 10.5 Å². The molecular formula is C23H23N3O4S. The van der Waals surface area contributed by atoms with Crippen LogP contribution in [0.2, 0.25) is 0 Å². The summed E-state index contributed by atoms with van der Waals surface area (Å²) in [5.41, 5.74) is 9.85. The minimum Gasteiger partial charge on any atom is -0.465 e. The Bertz CT molecular complexity index is 1170. The van der Waals surface area contributed by atoms with Crippen LogP contribution in [0.1, 0.15) is 47.1 Å². The highest BCUT2D eigenvalue weighted by molar-refractivity contribution is 7.19. The fourth-order valence-electron chi connectivity index (χ4n) is 3.11. The number of benzene rings is 2. The molecule has 0 aliphatic rings. The van der Waals surface area contributed by atoms with Gasteiger partial charge in [0.2, 0.25) is 0 Å². The number of thiophene rings is 1. The zero-order valence-corrected chi connectivity index (χ0v) is 18.5. The van der Waals surface area contributed by atoms with Crippen molar-refractivity contribution >= 4 is 45.5 Å². The lowest BCUT2D eigenvalue weighted by Crippen LogP contribution is -2.14. The van der Waals surface area contributed by atoms with Crippen LogP contribution in [-0.4, -0.2) is 24.9 Å². The number of methoxy groups -OCH3 is 1. The molecule has 7 nitrogen and oxygen atoms in total. The van der Waals surface area contributed by atoms with E-state index in [0.717, 1.165) is 22.5 Å². The van der Waals surface area contributed by atoms with Crippen LogP contribution in [0.3, 0.4) is 0 Å². The van der Waals surface area contributed by atoms with Gasteiger partial charge in [-0.1, -0.05) is 17.7 Å². The Balaban J connectivity index is 1.94. The number of rotatable bonds is 5. The van der Waals surface area contributed by atoms with Crippen LogP contribution < -0.4 is 16.4 Å². The number of ether oxygens (including phenoxy) is 1. The highest BCUT2D eigenvalue weighted by Gasteiger charge is 2.26. The number of nitrogens with two attached hydrogens (primary N) is 1. The van der Waals surface area contributed by atoms with Gasteiger partial charge in [0.1, 0.15) is 5.00 Å². The molecule has 0 radical (unpaired) electrons. The number of nitrogens with one attached hydrogen (secondary N) is 2. The van der Waals surface area contributed by atoms with Gasteiger partial charge in [-0.15, -0.1) is 11.3 Å². The molecule has 1 aromatic heterocycles. The predicted octanol–water partition coefficient (Wildman–Crippen LogP) is 4.55. The quantitative estimate of drug-likeness (QED) is 0.401. The van der Waals surface area contributed by atoms with E-state index < -0.39 is 11.9 Å². The lowest BCUT2D eigenvalue weighted by Gasteiger charge is -2.08. The van der Waals surface area contributed by atoms with Gasteiger partial charge in [0.05, 0.1) is 17.6 Å². The largest absolute Gasteiger partial charge is 0.465 e. The molecule has 0 spiro atoms. The van der Waals surface area contributed by atoms with Gasteiger partial charge in [-0.2, -0.15) is 0 Å². The van der Waals surface area contributed by atoms with E-state index in [-0.39, 0.29) is 16.5 Å². The Labute approximate surface area is 184 Å². The molecule has 0 saturated heterocycles. The van der Waals surface area contributed by atoms with E-state index >= 15 is 0 Å². The van der Waals surface area contributed by atoms with Crippen molar-refractivity contribution < 1.29 is 19.1 Å². The summed E-state index contributed by atoms with van der Waals surface area (Å²) in [4.78, 5) is 38.3. The smallest absolute Gasteiger partial charge is 0.341 e. The van der Waals surface area contributed by atoms with Crippen molar-refractivity contribution in [3.63, 3.8) is 0 Å². The van der Waals surface area contributed by atoms with E-state index in [1.807, 2.05) is 32.0 Å². The van der Waals surface area contributed by atoms with E-state index in [9.17, 15) is 14.4 Å². The van der Waals surface area contributed by atoms with Crippen molar-refractivity contribution in [2.45, 2.75) is 20.8 Å². The molecule has 31 heavy (non-hydrogen) atoms. The Kier molecular flexibility index (Phi) is 6.41. The first kappa shape index (κ1) is 22.0. The van der Waals surface area contributed by atoms with Gasteiger partial charge in [-0.25, -0.2) is 4.79 Å². The van der Waals surface area contributed by atoms with Gasteiger partial charge in [0.25, 0.3) is 11.8 Å². The first-order valence-electron chi connectivity index (χ1n) is 9.48. The van der Waals surface area contributed by atoms with Crippen LogP contribution in [0.15, 0.2) is 42.5 Å². The van der Waals surface area contributed by atoms with Crippen molar-refractivity contribution in [1.82, 2.24) is 0 Å². The molecule has 2 aromatic carbocycles. The summed E-state index contributed by atoms with van der Waals surface area (Å²) in [6.07, 6.45) is 0. The Morgan fingerprint density at radius 2 is 1.61 bits per heavy atom. The highest BCUT2D eigenvalue weighted by Crippen LogP contribution is 2.35. The molecule has 0 unspecified atom stereocenters. The molecule has 4 N–H and O–H groups in total. The second-order valence-corrected chi connectivity index (χ2v) is 8.12. The second-order valence-electron chi connectivity index (χ2n) is 7.10. The molecule has 0 fully saturated rings. The first-order chi connectivity index (χ1) is 14.7. The van der Waals surface area contributed by atoms with E-state index in [0.29, 0.717) is 27.4 Å².